The summed E-state index contributed by atoms with van der Waals surface area (Å²) >= 11 is 1.89. The van der Waals surface area contributed by atoms with Crippen molar-refractivity contribution in [2.75, 3.05) is 38.9 Å². The number of ether oxygens (including phenoxy) is 2. The van der Waals surface area contributed by atoms with Crippen LogP contribution in [0.15, 0.2) is 23.2 Å². The first-order chi connectivity index (χ1) is 11.6. The molecule has 0 saturated carbocycles. The predicted octanol–water partition coefficient (Wildman–Crippen LogP) is 3.62. The zero-order valence-corrected chi connectivity index (χ0v) is 18.7. The maximum atomic E-state index is 5.49. The van der Waals surface area contributed by atoms with Crippen molar-refractivity contribution in [3.8, 4) is 11.5 Å². The zero-order valence-electron chi connectivity index (χ0n) is 15.6. The number of aliphatic imine (C=N–C) groups is 1. The summed E-state index contributed by atoms with van der Waals surface area (Å²) < 4.78 is 10.9. The van der Waals surface area contributed by atoms with Gasteiger partial charge in [0.05, 0.1) is 0 Å². The number of rotatable bonds is 8. The topological polar surface area (TPSA) is 54.9 Å². The summed E-state index contributed by atoms with van der Waals surface area (Å²) in [6.45, 7) is 6.47. The Balaban J connectivity index is 0.00000312. The third-order valence-electron chi connectivity index (χ3n) is 4.14. The Morgan fingerprint density at radius 3 is 2.68 bits per heavy atom. The van der Waals surface area contributed by atoms with Crippen molar-refractivity contribution in [3.63, 3.8) is 0 Å². The first-order valence-electron chi connectivity index (χ1n) is 8.40. The van der Waals surface area contributed by atoms with Gasteiger partial charge < -0.3 is 20.1 Å². The predicted molar refractivity (Wildman–Crippen MR) is 118 cm³/mol. The van der Waals surface area contributed by atoms with Crippen LogP contribution in [0.2, 0.25) is 0 Å². The molecule has 1 aliphatic rings. The maximum absolute atomic E-state index is 5.49. The van der Waals surface area contributed by atoms with E-state index in [-0.39, 0.29) is 29.4 Å². The number of fused-ring (bicyclic) bond motifs is 1. The SMILES string of the molecule is CN=C(NCCCCSC)NCC(C)(C)c1ccc2c(c1)OCO2.I. The van der Waals surface area contributed by atoms with E-state index in [0.29, 0.717) is 6.79 Å². The average molecular weight is 479 g/mol. The molecule has 0 amide bonds. The monoisotopic (exact) mass is 479 g/mol. The van der Waals surface area contributed by atoms with Gasteiger partial charge in [0.2, 0.25) is 6.79 Å². The Labute approximate surface area is 172 Å². The molecule has 0 atom stereocenters. The van der Waals surface area contributed by atoms with Gasteiger partial charge in [0.1, 0.15) is 0 Å². The lowest BCUT2D eigenvalue weighted by Gasteiger charge is -2.27. The van der Waals surface area contributed by atoms with Gasteiger partial charge >= 0.3 is 0 Å². The van der Waals surface area contributed by atoms with Crippen LogP contribution in [-0.2, 0) is 5.41 Å². The van der Waals surface area contributed by atoms with Gasteiger partial charge in [0, 0.05) is 25.6 Å². The summed E-state index contributed by atoms with van der Waals surface area (Å²) in [4.78, 5) is 4.30. The molecule has 1 aromatic carbocycles. The average Bonchev–Trinajstić information content (AvgIpc) is 3.05. The number of halogens is 1. The van der Waals surface area contributed by atoms with Gasteiger partial charge in [-0.25, -0.2) is 0 Å². The van der Waals surface area contributed by atoms with Gasteiger partial charge in [0.25, 0.3) is 0 Å². The number of nitrogens with zero attached hydrogens (tertiary/aromatic N) is 1. The number of unbranched alkanes of at least 4 members (excludes halogenated alkanes) is 1. The normalized spacial score (nSPS) is 13.4. The number of guanidine groups is 1. The number of hydrogen-bond acceptors (Lipinski definition) is 4. The van der Waals surface area contributed by atoms with E-state index in [1.165, 1.54) is 17.7 Å². The molecule has 2 rings (SSSR count). The van der Waals surface area contributed by atoms with Crippen LogP contribution in [0.1, 0.15) is 32.3 Å². The zero-order chi connectivity index (χ0) is 17.4. The van der Waals surface area contributed by atoms with Crippen LogP contribution in [0.4, 0.5) is 0 Å². The molecule has 142 valence electrons. The van der Waals surface area contributed by atoms with Crippen molar-refractivity contribution in [3.05, 3.63) is 23.8 Å². The Morgan fingerprint density at radius 2 is 1.96 bits per heavy atom. The van der Waals surface area contributed by atoms with Gasteiger partial charge in [-0.05, 0) is 42.5 Å². The highest BCUT2D eigenvalue weighted by Crippen LogP contribution is 2.36. The first-order valence-corrected chi connectivity index (χ1v) is 9.80. The van der Waals surface area contributed by atoms with Crippen LogP contribution in [0.5, 0.6) is 11.5 Å². The van der Waals surface area contributed by atoms with E-state index < -0.39 is 0 Å². The molecule has 0 aromatic heterocycles. The summed E-state index contributed by atoms with van der Waals surface area (Å²) in [7, 11) is 1.81. The molecule has 25 heavy (non-hydrogen) atoms. The number of nitrogens with one attached hydrogen (secondary N) is 2. The van der Waals surface area contributed by atoms with Crippen molar-refractivity contribution in [1.29, 1.82) is 0 Å². The molecule has 0 aliphatic carbocycles. The minimum Gasteiger partial charge on any atom is -0.454 e. The minimum atomic E-state index is -0.0442. The van der Waals surface area contributed by atoms with E-state index in [9.17, 15) is 0 Å². The minimum absolute atomic E-state index is 0. The Morgan fingerprint density at radius 1 is 1.20 bits per heavy atom. The lowest BCUT2D eigenvalue weighted by Crippen LogP contribution is -2.43. The Hall–Kier alpha value is -0.830. The molecule has 0 spiro atoms. The molecule has 0 fully saturated rings. The van der Waals surface area contributed by atoms with Crippen molar-refractivity contribution in [2.45, 2.75) is 32.1 Å². The van der Waals surface area contributed by atoms with E-state index in [1.54, 1.807) is 0 Å². The first kappa shape index (κ1) is 22.2. The van der Waals surface area contributed by atoms with Gasteiger partial charge in [-0.15, -0.1) is 24.0 Å². The highest BCUT2D eigenvalue weighted by Gasteiger charge is 2.24. The molecule has 5 nitrogen and oxygen atoms in total. The molecule has 0 saturated heterocycles. The highest BCUT2D eigenvalue weighted by molar-refractivity contribution is 14.0. The molecular formula is C18H30IN3O2S. The van der Waals surface area contributed by atoms with E-state index in [1.807, 2.05) is 24.9 Å². The van der Waals surface area contributed by atoms with Crippen LogP contribution in [0.25, 0.3) is 0 Å². The van der Waals surface area contributed by atoms with E-state index in [2.05, 4.69) is 47.9 Å². The molecule has 7 heteroatoms. The third-order valence-corrected chi connectivity index (χ3v) is 4.84. The summed E-state index contributed by atoms with van der Waals surface area (Å²) in [6, 6.07) is 6.16. The number of benzene rings is 1. The Bertz CT molecular complexity index is 567. The van der Waals surface area contributed by atoms with Crippen LogP contribution in [-0.4, -0.2) is 44.9 Å². The van der Waals surface area contributed by atoms with Gasteiger partial charge in [0.15, 0.2) is 17.5 Å². The molecular weight excluding hydrogens is 449 g/mol. The molecule has 2 N–H and O–H groups in total. The fraction of sp³-hybridized carbons (Fsp3) is 0.611. The van der Waals surface area contributed by atoms with Crippen LogP contribution >= 0.6 is 35.7 Å². The summed E-state index contributed by atoms with van der Waals surface area (Å²) in [5, 5.41) is 6.81. The third kappa shape index (κ3) is 6.77. The van der Waals surface area contributed by atoms with Gasteiger partial charge in [-0.1, -0.05) is 19.9 Å². The summed E-state index contributed by atoms with van der Waals surface area (Å²) in [5.41, 5.74) is 1.17. The lowest BCUT2D eigenvalue weighted by molar-refractivity contribution is 0.174. The van der Waals surface area contributed by atoms with E-state index in [0.717, 1.165) is 37.0 Å². The van der Waals surface area contributed by atoms with Crippen LogP contribution in [0.3, 0.4) is 0 Å². The van der Waals surface area contributed by atoms with E-state index in [4.69, 9.17) is 9.47 Å². The Kier molecular flexibility index (Phi) is 9.78. The molecule has 1 aromatic rings. The fourth-order valence-electron chi connectivity index (χ4n) is 2.52. The largest absolute Gasteiger partial charge is 0.454 e. The quantitative estimate of drug-likeness (QED) is 0.258. The fourth-order valence-corrected chi connectivity index (χ4v) is 3.02. The van der Waals surface area contributed by atoms with E-state index >= 15 is 0 Å². The second kappa shape index (κ2) is 11.0. The molecule has 0 unspecified atom stereocenters. The van der Waals surface area contributed by atoms with Crippen molar-refractivity contribution < 1.29 is 9.47 Å². The molecule has 1 heterocycles. The molecule has 0 radical (unpaired) electrons. The number of thioether (sulfide) groups is 1. The lowest BCUT2D eigenvalue weighted by atomic mass is 9.84. The van der Waals surface area contributed by atoms with Crippen molar-refractivity contribution >= 4 is 41.7 Å². The second-order valence-corrected chi connectivity index (χ2v) is 7.49. The summed E-state index contributed by atoms with van der Waals surface area (Å²) in [5.74, 6) is 3.72. The van der Waals surface area contributed by atoms with Crippen molar-refractivity contribution in [1.82, 2.24) is 10.6 Å². The van der Waals surface area contributed by atoms with Gasteiger partial charge in [-0.3, -0.25) is 4.99 Å². The summed E-state index contributed by atoms with van der Waals surface area (Å²) in [6.07, 6.45) is 4.53. The van der Waals surface area contributed by atoms with Gasteiger partial charge in [-0.2, -0.15) is 11.8 Å². The highest BCUT2D eigenvalue weighted by atomic mass is 127. The molecule has 1 aliphatic heterocycles. The van der Waals surface area contributed by atoms with Crippen molar-refractivity contribution in [2.24, 2.45) is 4.99 Å². The smallest absolute Gasteiger partial charge is 0.231 e. The van der Waals surface area contributed by atoms with Crippen LogP contribution < -0.4 is 20.1 Å². The number of hydrogen-bond donors (Lipinski definition) is 2. The van der Waals surface area contributed by atoms with Crippen LogP contribution in [0, 0.1) is 0 Å². The maximum Gasteiger partial charge on any atom is 0.231 e. The standard InChI is InChI=1S/C18H29N3O2S.HI/c1-18(2,14-7-8-15-16(11-14)23-13-22-15)12-21-17(19-3)20-9-5-6-10-24-4;/h7-8,11H,5-6,9-10,12-13H2,1-4H3,(H2,19,20,21);1H. The second-order valence-electron chi connectivity index (χ2n) is 6.50. The molecule has 0 bridgehead atoms.